The van der Waals surface area contributed by atoms with Crippen LogP contribution in [0.15, 0.2) is 24.3 Å². The SMILES string of the molecule is Cc1cccc([C@H](C)NC2CC(=O)NC2=O)c1. The van der Waals surface area contributed by atoms with E-state index >= 15 is 0 Å². The highest BCUT2D eigenvalue weighted by Crippen LogP contribution is 2.16. The molecule has 0 aromatic heterocycles. The predicted molar refractivity (Wildman–Crippen MR) is 64.3 cm³/mol. The normalized spacial score (nSPS) is 21.4. The Balaban J connectivity index is 2.04. The van der Waals surface area contributed by atoms with Gasteiger partial charge in [-0.1, -0.05) is 29.8 Å². The molecule has 90 valence electrons. The minimum atomic E-state index is -0.405. The topological polar surface area (TPSA) is 58.2 Å². The van der Waals surface area contributed by atoms with E-state index in [0.29, 0.717) is 0 Å². The van der Waals surface area contributed by atoms with Gasteiger partial charge >= 0.3 is 0 Å². The molecule has 1 aromatic carbocycles. The molecule has 4 nitrogen and oxygen atoms in total. The Hall–Kier alpha value is -1.68. The molecule has 1 heterocycles. The Labute approximate surface area is 100 Å². The van der Waals surface area contributed by atoms with Crippen molar-refractivity contribution in [2.45, 2.75) is 32.4 Å². The third-order valence-electron chi connectivity index (χ3n) is 2.96. The highest BCUT2D eigenvalue weighted by atomic mass is 16.2. The maximum atomic E-state index is 11.4. The number of carbonyl (C=O) groups is 2. The number of hydrogen-bond donors (Lipinski definition) is 2. The first-order valence-corrected chi connectivity index (χ1v) is 5.72. The molecular formula is C13H16N2O2. The molecule has 1 saturated heterocycles. The summed E-state index contributed by atoms with van der Waals surface area (Å²) >= 11 is 0. The number of amides is 2. The predicted octanol–water partition coefficient (Wildman–Crippen LogP) is 1.06. The number of aryl methyl sites for hydroxylation is 1. The van der Waals surface area contributed by atoms with Crippen molar-refractivity contribution in [2.75, 3.05) is 0 Å². The van der Waals surface area contributed by atoms with Crippen LogP contribution in [0, 0.1) is 6.92 Å². The Bertz CT molecular complexity index is 456. The first-order valence-electron chi connectivity index (χ1n) is 5.72. The molecule has 0 bridgehead atoms. The van der Waals surface area contributed by atoms with E-state index in [0.717, 1.165) is 5.56 Å². The van der Waals surface area contributed by atoms with Crippen LogP contribution >= 0.6 is 0 Å². The van der Waals surface area contributed by atoms with Crippen molar-refractivity contribution in [3.05, 3.63) is 35.4 Å². The van der Waals surface area contributed by atoms with Crippen LogP contribution in [0.5, 0.6) is 0 Å². The average Bonchev–Trinajstić information content (AvgIpc) is 2.57. The molecule has 2 N–H and O–H groups in total. The molecule has 1 fully saturated rings. The lowest BCUT2D eigenvalue weighted by Crippen LogP contribution is -2.37. The van der Waals surface area contributed by atoms with Gasteiger partial charge in [-0.25, -0.2) is 0 Å². The lowest BCUT2D eigenvalue weighted by molar-refractivity contribution is -0.125. The van der Waals surface area contributed by atoms with Crippen LogP contribution in [0.1, 0.15) is 30.5 Å². The lowest BCUT2D eigenvalue weighted by Gasteiger charge is -2.17. The molecule has 0 spiro atoms. The fourth-order valence-electron chi connectivity index (χ4n) is 2.03. The minimum absolute atomic E-state index is 0.0524. The summed E-state index contributed by atoms with van der Waals surface area (Å²) in [7, 11) is 0. The third kappa shape index (κ3) is 2.71. The largest absolute Gasteiger partial charge is 0.299 e. The van der Waals surface area contributed by atoms with Gasteiger partial charge in [-0.3, -0.25) is 20.2 Å². The number of rotatable bonds is 3. The number of benzene rings is 1. The molecule has 17 heavy (non-hydrogen) atoms. The lowest BCUT2D eigenvalue weighted by atomic mass is 10.0. The minimum Gasteiger partial charge on any atom is -0.299 e. The smallest absolute Gasteiger partial charge is 0.244 e. The fraction of sp³-hybridized carbons (Fsp3) is 0.385. The summed E-state index contributed by atoms with van der Waals surface area (Å²) in [4.78, 5) is 22.5. The van der Waals surface area contributed by atoms with Gasteiger partial charge in [-0.05, 0) is 19.4 Å². The van der Waals surface area contributed by atoms with Crippen LogP contribution in [0.3, 0.4) is 0 Å². The highest BCUT2D eigenvalue weighted by molar-refractivity contribution is 6.05. The van der Waals surface area contributed by atoms with Crippen molar-refractivity contribution in [1.82, 2.24) is 10.6 Å². The van der Waals surface area contributed by atoms with E-state index in [2.05, 4.69) is 16.7 Å². The molecule has 1 aliphatic heterocycles. The van der Waals surface area contributed by atoms with E-state index in [-0.39, 0.29) is 24.3 Å². The van der Waals surface area contributed by atoms with Gasteiger partial charge < -0.3 is 0 Å². The van der Waals surface area contributed by atoms with Crippen LogP contribution in [-0.4, -0.2) is 17.9 Å². The molecule has 1 unspecified atom stereocenters. The summed E-state index contributed by atoms with van der Waals surface area (Å²) in [6.07, 6.45) is 0.231. The maximum Gasteiger partial charge on any atom is 0.244 e. The van der Waals surface area contributed by atoms with Crippen LogP contribution < -0.4 is 10.6 Å². The number of hydrogen-bond acceptors (Lipinski definition) is 3. The molecular weight excluding hydrogens is 216 g/mol. The Morgan fingerprint density at radius 1 is 1.41 bits per heavy atom. The Kier molecular flexibility index (Phi) is 3.24. The van der Waals surface area contributed by atoms with E-state index < -0.39 is 6.04 Å². The molecule has 2 rings (SSSR count). The van der Waals surface area contributed by atoms with Gasteiger partial charge in [0.05, 0.1) is 12.5 Å². The van der Waals surface area contributed by atoms with E-state index in [1.165, 1.54) is 5.56 Å². The van der Waals surface area contributed by atoms with E-state index in [1.807, 2.05) is 32.0 Å². The molecule has 4 heteroatoms. The monoisotopic (exact) mass is 232 g/mol. The average molecular weight is 232 g/mol. The first-order chi connectivity index (χ1) is 8.06. The highest BCUT2D eigenvalue weighted by Gasteiger charge is 2.31. The van der Waals surface area contributed by atoms with Crippen LogP contribution in [0.2, 0.25) is 0 Å². The zero-order chi connectivity index (χ0) is 12.4. The Morgan fingerprint density at radius 2 is 2.18 bits per heavy atom. The van der Waals surface area contributed by atoms with Gasteiger partial charge in [0, 0.05) is 6.04 Å². The summed E-state index contributed by atoms with van der Waals surface area (Å²) in [5.41, 5.74) is 2.31. The summed E-state index contributed by atoms with van der Waals surface area (Å²) in [5, 5.41) is 5.46. The van der Waals surface area contributed by atoms with E-state index in [1.54, 1.807) is 0 Å². The standard InChI is InChI=1S/C13H16N2O2/c1-8-4-3-5-10(6-8)9(2)14-11-7-12(16)15-13(11)17/h3-6,9,11,14H,7H2,1-2H3,(H,15,16,17)/t9-,11?/m0/s1. The molecule has 2 atom stereocenters. The van der Waals surface area contributed by atoms with E-state index in [9.17, 15) is 9.59 Å². The number of imide groups is 1. The zero-order valence-electron chi connectivity index (χ0n) is 9.99. The van der Waals surface area contributed by atoms with Crippen molar-refractivity contribution in [1.29, 1.82) is 0 Å². The van der Waals surface area contributed by atoms with Crippen molar-refractivity contribution in [3.63, 3.8) is 0 Å². The van der Waals surface area contributed by atoms with Gasteiger partial charge in [0.25, 0.3) is 0 Å². The van der Waals surface area contributed by atoms with Crippen molar-refractivity contribution < 1.29 is 9.59 Å². The third-order valence-corrected chi connectivity index (χ3v) is 2.96. The second-order valence-electron chi connectivity index (χ2n) is 4.47. The molecule has 0 radical (unpaired) electrons. The summed E-state index contributed by atoms with van der Waals surface area (Å²) in [5.74, 6) is -0.432. The van der Waals surface area contributed by atoms with Crippen LogP contribution in [-0.2, 0) is 9.59 Å². The van der Waals surface area contributed by atoms with Gasteiger partial charge in [-0.15, -0.1) is 0 Å². The second-order valence-corrected chi connectivity index (χ2v) is 4.47. The number of carbonyl (C=O) groups excluding carboxylic acids is 2. The fourth-order valence-corrected chi connectivity index (χ4v) is 2.03. The quantitative estimate of drug-likeness (QED) is 0.766. The van der Waals surface area contributed by atoms with Crippen LogP contribution in [0.4, 0.5) is 0 Å². The summed E-state index contributed by atoms with van der Waals surface area (Å²) in [6.45, 7) is 4.02. The molecule has 1 aliphatic rings. The first kappa shape index (κ1) is 11.8. The maximum absolute atomic E-state index is 11.4. The zero-order valence-corrected chi connectivity index (χ0v) is 9.99. The summed E-state index contributed by atoms with van der Waals surface area (Å²) in [6, 6.07) is 7.76. The van der Waals surface area contributed by atoms with Gasteiger partial charge in [-0.2, -0.15) is 0 Å². The Morgan fingerprint density at radius 3 is 2.76 bits per heavy atom. The summed E-state index contributed by atoms with van der Waals surface area (Å²) < 4.78 is 0. The van der Waals surface area contributed by atoms with Gasteiger partial charge in [0.1, 0.15) is 0 Å². The van der Waals surface area contributed by atoms with Crippen molar-refractivity contribution in [2.24, 2.45) is 0 Å². The second kappa shape index (κ2) is 4.67. The van der Waals surface area contributed by atoms with E-state index in [4.69, 9.17) is 0 Å². The van der Waals surface area contributed by atoms with Gasteiger partial charge in [0.15, 0.2) is 0 Å². The van der Waals surface area contributed by atoms with Crippen LogP contribution in [0.25, 0.3) is 0 Å². The van der Waals surface area contributed by atoms with Crippen molar-refractivity contribution >= 4 is 11.8 Å². The van der Waals surface area contributed by atoms with Crippen molar-refractivity contribution in [3.8, 4) is 0 Å². The molecule has 2 amide bonds. The van der Waals surface area contributed by atoms with Gasteiger partial charge in [0.2, 0.25) is 11.8 Å². The number of nitrogens with one attached hydrogen (secondary N) is 2. The molecule has 0 saturated carbocycles. The molecule has 0 aliphatic carbocycles. The molecule has 1 aromatic rings.